The summed E-state index contributed by atoms with van der Waals surface area (Å²) in [7, 11) is 1.63. The Balaban J connectivity index is 2.24. The minimum absolute atomic E-state index is 0.129. The van der Waals surface area contributed by atoms with Crippen LogP contribution in [0.1, 0.15) is 39.0 Å². The number of hydrogen-bond acceptors (Lipinski definition) is 2. The first kappa shape index (κ1) is 9.72. The smallest absolute Gasteiger partial charge is 0.161 e. The Kier molecular flexibility index (Phi) is 3.73. The molecule has 1 saturated carbocycles. The van der Waals surface area contributed by atoms with Crippen LogP contribution in [-0.2, 0) is 9.53 Å². The Morgan fingerprint density at radius 2 is 2.25 bits per heavy atom. The van der Waals surface area contributed by atoms with Crippen LogP contribution in [0.15, 0.2) is 0 Å². The van der Waals surface area contributed by atoms with Gasteiger partial charge in [0.15, 0.2) is 5.78 Å². The minimum atomic E-state index is -0.129. The molecule has 1 fully saturated rings. The molecule has 0 N–H and O–H groups in total. The molecule has 1 aliphatic carbocycles. The fourth-order valence-corrected chi connectivity index (χ4v) is 1.41. The van der Waals surface area contributed by atoms with Crippen LogP contribution in [0.5, 0.6) is 0 Å². The minimum Gasteiger partial charge on any atom is -0.374 e. The average molecular weight is 170 g/mol. The first-order valence-electron chi connectivity index (χ1n) is 4.83. The van der Waals surface area contributed by atoms with E-state index < -0.39 is 0 Å². The van der Waals surface area contributed by atoms with Gasteiger partial charge in [-0.1, -0.05) is 13.3 Å². The van der Waals surface area contributed by atoms with Gasteiger partial charge in [-0.15, -0.1) is 0 Å². The van der Waals surface area contributed by atoms with Crippen molar-refractivity contribution in [3.8, 4) is 0 Å². The van der Waals surface area contributed by atoms with Gasteiger partial charge < -0.3 is 4.74 Å². The molecule has 2 nitrogen and oxygen atoms in total. The van der Waals surface area contributed by atoms with E-state index in [2.05, 4.69) is 6.92 Å². The number of carbonyl (C=O) groups is 1. The molecular weight excluding hydrogens is 152 g/mol. The number of methoxy groups -OCH3 is 1. The fourth-order valence-electron chi connectivity index (χ4n) is 1.41. The van der Waals surface area contributed by atoms with E-state index in [1.165, 1.54) is 12.8 Å². The second kappa shape index (κ2) is 4.61. The Morgan fingerprint density at radius 1 is 1.58 bits per heavy atom. The van der Waals surface area contributed by atoms with Crippen LogP contribution in [-0.4, -0.2) is 19.0 Å². The number of rotatable bonds is 6. The zero-order valence-electron chi connectivity index (χ0n) is 8.01. The fraction of sp³-hybridized carbons (Fsp3) is 0.900. The number of Topliss-reactive ketones (excluding diaryl/α,β-unsaturated/α-hetero) is 1. The lowest BCUT2D eigenvalue weighted by Crippen LogP contribution is -2.22. The molecule has 0 aromatic heterocycles. The second-order valence-electron chi connectivity index (χ2n) is 3.63. The maximum absolute atomic E-state index is 11.5. The van der Waals surface area contributed by atoms with E-state index in [9.17, 15) is 4.79 Å². The Hall–Kier alpha value is -0.370. The molecule has 70 valence electrons. The van der Waals surface area contributed by atoms with Gasteiger partial charge in [0.05, 0.1) is 0 Å². The number of hydrogen-bond donors (Lipinski definition) is 0. The third kappa shape index (κ3) is 2.94. The lowest BCUT2D eigenvalue weighted by atomic mass is 10.1. The molecule has 0 bridgehead atoms. The van der Waals surface area contributed by atoms with Crippen molar-refractivity contribution in [2.24, 2.45) is 5.92 Å². The zero-order valence-corrected chi connectivity index (χ0v) is 8.01. The predicted octanol–water partition coefficient (Wildman–Crippen LogP) is 2.17. The molecule has 0 heterocycles. The van der Waals surface area contributed by atoms with Crippen LogP contribution in [0.2, 0.25) is 0 Å². The normalized spacial score (nSPS) is 19.2. The quantitative estimate of drug-likeness (QED) is 0.610. The van der Waals surface area contributed by atoms with Gasteiger partial charge in [0.2, 0.25) is 0 Å². The molecule has 1 aliphatic rings. The highest BCUT2D eigenvalue weighted by molar-refractivity contribution is 5.83. The van der Waals surface area contributed by atoms with Crippen molar-refractivity contribution >= 4 is 5.78 Å². The molecule has 1 unspecified atom stereocenters. The summed E-state index contributed by atoms with van der Waals surface area (Å²) >= 11 is 0. The van der Waals surface area contributed by atoms with Crippen LogP contribution in [0.3, 0.4) is 0 Å². The largest absolute Gasteiger partial charge is 0.374 e. The van der Waals surface area contributed by atoms with Crippen molar-refractivity contribution in [1.82, 2.24) is 0 Å². The first-order chi connectivity index (χ1) is 5.77. The molecule has 0 aromatic carbocycles. The highest BCUT2D eigenvalue weighted by Gasteiger charge is 2.27. The van der Waals surface area contributed by atoms with Crippen LogP contribution < -0.4 is 0 Å². The molecule has 0 amide bonds. The van der Waals surface area contributed by atoms with Crippen molar-refractivity contribution < 1.29 is 9.53 Å². The maximum atomic E-state index is 11.5. The molecule has 0 saturated heterocycles. The van der Waals surface area contributed by atoms with E-state index in [0.29, 0.717) is 11.7 Å². The Labute approximate surface area is 74.3 Å². The van der Waals surface area contributed by atoms with E-state index in [1.807, 2.05) is 0 Å². The highest BCUT2D eigenvalue weighted by Crippen LogP contribution is 2.33. The summed E-state index contributed by atoms with van der Waals surface area (Å²) in [6, 6.07) is 0. The van der Waals surface area contributed by atoms with E-state index in [1.54, 1.807) is 7.11 Å². The zero-order chi connectivity index (χ0) is 8.97. The molecule has 12 heavy (non-hydrogen) atoms. The van der Waals surface area contributed by atoms with Crippen LogP contribution in [0.4, 0.5) is 0 Å². The van der Waals surface area contributed by atoms with Gasteiger partial charge in [-0.3, -0.25) is 4.79 Å². The van der Waals surface area contributed by atoms with Gasteiger partial charge >= 0.3 is 0 Å². The van der Waals surface area contributed by atoms with Crippen LogP contribution in [0, 0.1) is 5.92 Å². The first-order valence-corrected chi connectivity index (χ1v) is 4.83. The molecule has 1 rings (SSSR count). The third-order valence-corrected chi connectivity index (χ3v) is 2.38. The lowest BCUT2D eigenvalue weighted by molar-refractivity contribution is -0.129. The summed E-state index contributed by atoms with van der Waals surface area (Å²) in [6.07, 6.45) is 5.01. The summed E-state index contributed by atoms with van der Waals surface area (Å²) in [5.74, 6) is 0.994. The average Bonchev–Trinajstić information content (AvgIpc) is 2.83. The Morgan fingerprint density at radius 3 is 2.67 bits per heavy atom. The van der Waals surface area contributed by atoms with Crippen molar-refractivity contribution in [1.29, 1.82) is 0 Å². The third-order valence-electron chi connectivity index (χ3n) is 2.38. The van der Waals surface area contributed by atoms with E-state index in [4.69, 9.17) is 4.74 Å². The lowest BCUT2D eigenvalue weighted by Gasteiger charge is -2.12. The SMILES string of the molecule is CCCC(OC)C(=O)CC1CC1. The monoisotopic (exact) mass is 170 g/mol. The second-order valence-corrected chi connectivity index (χ2v) is 3.63. The van der Waals surface area contributed by atoms with Crippen molar-refractivity contribution in [2.45, 2.75) is 45.1 Å². The molecule has 0 aliphatic heterocycles. The summed E-state index contributed by atoms with van der Waals surface area (Å²) in [5.41, 5.74) is 0. The van der Waals surface area contributed by atoms with Crippen LogP contribution >= 0.6 is 0 Å². The molecule has 0 radical (unpaired) electrons. The van der Waals surface area contributed by atoms with Crippen molar-refractivity contribution in [2.75, 3.05) is 7.11 Å². The summed E-state index contributed by atoms with van der Waals surface area (Å²) in [4.78, 5) is 11.5. The van der Waals surface area contributed by atoms with Gasteiger partial charge in [-0.2, -0.15) is 0 Å². The summed E-state index contributed by atoms with van der Waals surface area (Å²) < 4.78 is 5.13. The maximum Gasteiger partial charge on any atom is 0.161 e. The molecule has 0 spiro atoms. The van der Waals surface area contributed by atoms with Gasteiger partial charge in [0.1, 0.15) is 6.10 Å². The number of ketones is 1. The van der Waals surface area contributed by atoms with E-state index >= 15 is 0 Å². The highest BCUT2D eigenvalue weighted by atomic mass is 16.5. The van der Waals surface area contributed by atoms with Crippen LogP contribution in [0.25, 0.3) is 0 Å². The van der Waals surface area contributed by atoms with Crippen molar-refractivity contribution in [3.63, 3.8) is 0 Å². The summed E-state index contributed by atoms with van der Waals surface area (Å²) in [6.45, 7) is 2.08. The van der Waals surface area contributed by atoms with Gasteiger partial charge in [0.25, 0.3) is 0 Å². The number of ether oxygens (including phenoxy) is 1. The van der Waals surface area contributed by atoms with Gasteiger partial charge in [-0.25, -0.2) is 0 Å². The van der Waals surface area contributed by atoms with Gasteiger partial charge in [0, 0.05) is 13.5 Å². The summed E-state index contributed by atoms with van der Waals surface area (Å²) in [5, 5.41) is 0. The Bertz CT molecular complexity index is 150. The topological polar surface area (TPSA) is 26.3 Å². The molecule has 2 heteroatoms. The predicted molar refractivity (Wildman–Crippen MR) is 48.1 cm³/mol. The molecule has 0 aromatic rings. The van der Waals surface area contributed by atoms with Gasteiger partial charge in [-0.05, 0) is 25.2 Å². The van der Waals surface area contributed by atoms with E-state index in [0.717, 1.165) is 19.3 Å². The standard InChI is InChI=1S/C10H18O2/c1-3-4-10(12-2)9(11)7-8-5-6-8/h8,10H,3-7H2,1-2H3. The number of carbonyl (C=O) groups excluding carboxylic acids is 1. The molecular formula is C10H18O2. The van der Waals surface area contributed by atoms with Crippen molar-refractivity contribution in [3.05, 3.63) is 0 Å². The van der Waals surface area contributed by atoms with E-state index in [-0.39, 0.29) is 6.10 Å². The molecule has 1 atom stereocenters.